The third-order valence-corrected chi connectivity index (χ3v) is 7.40. The molecule has 0 aliphatic carbocycles. The number of ether oxygens (including phenoxy) is 1. The molecule has 2 unspecified atom stereocenters. The van der Waals surface area contributed by atoms with Crippen LogP contribution in [0.25, 0.3) is 16.6 Å². The lowest BCUT2D eigenvalue weighted by atomic mass is 9.79. The first-order valence-electron chi connectivity index (χ1n) is 13.1. The molecule has 0 spiro atoms. The maximum atomic E-state index is 12.3. The van der Waals surface area contributed by atoms with Crippen molar-refractivity contribution in [3.63, 3.8) is 0 Å². The van der Waals surface area contributed by atoms with Gasteiger partial charge in [0.25, 0.3) is 0 Å². The highest BCUT2D eigenvalue weighted by atomic mass is 16.5. The number of rotatable bonds is 7. The van der Waals surface area contributed by atoms with Crippen LogP contribution in [-0.2, 0) is 12.0 Å². The number of fused-ring (bicyclic) bond motifs is 1. The highest BCUT2D eigenvalue weighted by molar-refractivity contribution is 5.96. The fraction of sp³-hybridized carbons (Fsp3) is 0.156. The molecule has 0 amide bonds. The molecule has 0 bridgehead atoms. The summed E-state index contributed by atoms with van der Waals surface area (Å²) in [5.74, 6) is 0.909. The molecular formula is C32H24N8O2. The molecule has 1 aliphatic heterocycles. The lowest BCUT2D eigenvalue weighted by Crippen LogP contribution is -2.40. The molecular weight excluding hydrogens is 528 g/mol. The van der Waals surface area contributed by atoms with Gasteiger partial charge in [0.15, 0.2) is 0 Å². The SMILES string of the molecule is COc1nc2ccc(C(O)(c3ccc(C#N)cc3)C3C=NC(C)=N3)cc2c(C#N)c1Cc1ccc(-n2cncn2)cc1. The summed E-state index contributed by atoms with van der Waals surface area (Å²) in [5, 5.41) is 36.8. The van der Waals surface area contributed by atoms with Crippen molar-refractivity contribution in [2.24, 2.45) is 9.98 Å². The molecule has 10 heteroatoms. The summed E-state index contributed by atoms with van der Waals surface area (Å²) in [6.45, 7) is 1.77. The third-order valence-electron chi connectivity index (χ3n) is 7.40. The standard InChI is InChI=1S/C32H24N8O2/c1-20-36-17-30(38-20)32(41,23-7-3-22(15-33)4-8-23)24-9-12-29-26(14-24)28(16-34)27(31(39-29)42-2)13-21-5-10-25(11-6-21)40-19-35-18-37-40/h3-12,14,17-19,30,41H,13H2,1-2H3. The van der Waals surface area contributed by atoms with Gasteiger partial charge in [-0.15, -0.1) is 0 Å². The molecule has 6 rings (SSSR count). The van der Waals surface area contributed by atoms with E-state index in [0.29, 0.717) is 56.9 Å². The van der Waals surface area contributed by atoms with Gasteiger partial charge in [0.2, 0.25) is 5.88 Å². The Labute approximate surface area is 241 Å². The van der Waals surface area contributed by atoms with Gasteiger partial charge in [-0.1, -0.05) is 30.3 Å². The summed E-state index contributed by atoms with van der Waals surface area (Å²) in [6, 6.07) is 23.6. The number of amidine groups is 1. The molecule has 5 aromatic rings. The van der Waals surface area contributed by atoms with Crippen molar-refractivity contribution in [3.8, 4) is 23.7 Å². The van der Waals surface area contributed by atoms with Gasteiger partial charge in [-0.3, -0.25) is 4.99 Å². The molecule has 2 atom stereocenters. The number of nitrogens with zero attached hydrogens (tertiary/aromatic N) is 8. The molecule has 1 aliphatic rings. The van der Waals surface area contributed by atoms with Crippen LogP contribution < -0.4 is 4.74 Å². The lowest BCUT2D eigenvalue weighted by molar-refractivity contribution is 0.0758. The van der Waals surface area contributed by atoms with Crippen LogP contribution in [0.1, 0.15) is 40.3 Å². The second kappa shape index (κ2) is 10.7. The first-order chi connectivity index (χ1) is 20.4. The first kappa shape index (κ1) is 26.5. The van der Waals surface area contributed by atoms with Crippen LogP contribution in [-0.4, -0.2) is 50.1 Å². The van der Waals surface area contributed by atoms with E-state index < -0.39 is 11.6 Å². The fourth-order valence-electron chi connectivity index (χ4n) is 5.24. The Kier molecular flexibility index (Phi) is 6.75. The molecule has 1 N–H and O–H groups in total. The highest BCUT2D eigenvalue weighted by Gasteiger charge is 2.41. The van der Waals surface area contributed by atoms with Crippen LogP contribution in [0.5, 0.6) is 5.88 Å². The number of aliphatic imine (C=N–C) groups is 2. The van der Waals surface area contributed by atoms with E-state index in [-0.39, 0.29) is 0 Å². The highest BCUT2D eigenvalue weighted by Crippen LogP contribution is 2.39. The van der Waals surface area contributed by atoms with Crippen LogP contribution in [0.4, 0.5) is 0 Å². The summed E-state index contributed by atoms with van der Waals surface area (Å²) in [7, 11) is 1.53. The van der Waals surface area contributed by atoms with E-state index in [4.69, 9.17) is 9.72 Å². The van der Waals surface area contributed by atoms with Gasteiger partial charge < -0.3 is 9.84 Å². The minimum Gasteiger partial charge on any atom is -0.481 e. The van der Waals surface area contributed by atoms with Gasteiger partial charge >= 0.3 is 0 Å². The zero-order chi connectivity index (χ0) is 29.3. The largest absolute Gasteiger partial charge is 0.481 e. The smallest absolute Gasteiger partial charge is 0.218 e. The van der Waals surface area contributed by atoms with Gasteiger partial charge in [-0.2, -0.15) is 15.6 Å². The predicted octanol–water partition coefficient (Wildman–Crippen LogP) is 4.27. The Balaban J connectivity index is 1.48. The molecule has 0 fully saturated rings. The van der Waals surface area contributed by atoms with E-state index in [9.17, 15) is 15.6 Å². The Morgan fingerprint density at radius 1 is 1.00 bits per heavy atom. The summed E-state index contributed by atoms with van der Waals surface area (Å²) >= 11 is 0. The third kappa shape index (κ3) is 4.56. The minimum absolute atomic E-state index is 0.359. The first-order valence-corrected chi connectivity index (χ1v) is 13.1. The monoisotopic (exact) mass is 552 g/mol. The van der Waals surface area contributed by atoms with Gasteiger partial charge in [0.1, 0.15) is 36.2 Å². The topological polar surface area (TPSA) is 145 Å². The minimum atomic E-state index is -1.62. The van der Waals surface area contributed by atoms with Gasteiger partial charge in [0.05, 0.1) is 35.5 Å². The van der Waals surface area contributed by atoms with Crippen molar-refractivity contribution < 1.29 is 9.84 Å². The van der Waals surface area contributed by atoms with Crippen LogP contribution in [0.3, 0.4) is 0 Å². The van der Waals surface area contributed by atoms with Gasteiger partial charge in [0, 0.05) is 23.6 Å². The lowest BCUT2D eigenvalue weighted by Gasteiger charge is -2.32. The maximum absolute atomic E-state index is 12.3. The van der Waals surface area contributed by atoms with E-state index in [2.05, 4.69) is 32.2 Å². The summed E-state index contributed by atoms with van der Waals surface area (Å²) < 4.78 is 7.30. The molecule has 3 aromatic carbocycles. The van der Waals surface area contributed by atoms with E-state index in [1.54, 1.807) is 66.6 Å². The number of benzene rings is 3. The van der Waals surface area contributed by atoms with Gasteiger partial charge in [-0.05, 0) is 60.0 Å². The quantitative estimate of drug-likeness (QED) is 0.317. The Morgan fingerprint density at radius 3 is 2.38 bits per heavy atom. The summed E-state index contributed by atoms with van der Waals surface area (Å²) in [5.41, 5.74) is 3.32. The molecule has 10 nitrogen and oxygen atoms in total. The van der Waals surface area contributed by atoms with Crippen LogP contribution in [0.15, 0.2) is 89.4 Å². The zero-order valence-corrected chi connectivity index (χ0v) is 22.8. The molecule has 0 radical (unpaired) electrons. The second-order valence-corrected chi connectivity index (χ2v) is 9.86. The molecule has 204 valence electrons. The van der Waals surface area contributed by atoms with Crippen molar-refractivity contribution in [1.82, 2.24) is 19.7 Å². The fourth-order valence-corrected chi connectivity index (χ4v) is 5.24. The van der Waals surface area contributed by atoms with Crippen molar-refractivity contribution in [2.45, 2.75) is 25.0 Å². The summed E-state index contributed by atoms with van der Waals surface area (Å²) in [6.07, 6.45) is 5.11. The normalized spacial score (nSPS) is 15.5. The van der Waals surface area contributed by atoms with Crippen molar-refractivity contribution in [2.75, 3.05) is 7.11 Å². The zero-order valence-electron chi connectivity index (χ0n) is 22.8. The summed E-state index contributed by atoms with van der Waals surface area (Å²) in [4.78, 5) is 17.6. The van der Waals surface area contributed by atoms with Gasteiger partial charge in [-0.25, -0.2) is 19.6 Å². The number of aliphatic hydroxyl groups is 1. The number of aromatic nitrogens is 4. The number of pyridine rings is 1. The maximum Gasteiger partial charge on any atom is 0.218 e. The number of nitriles is 2. The van der Waals surface area contributed by atoms with E-state index in [0.717, 1.165) is 11.3 Å². The van der Waals surface area contributed by atoms with E-state index >= 15 is 0 Å². The van der Waals surface area contributed by atoms with Crippen LogP contribution in [0.2, 0.25) is 0 Å². The average Bonchev–Trinajstić information content (AvgIpc) is 3.73. The van der Waals surface area contributed by atoms with Crippen LogP contribution >= 0.6 is 0 Å². The number of hydrogen-bond acceptors (Lipinski definition) is 9. The number of hydrogen-bond donors (Lipinski definition) is 1. The molecule has 42 heavy (non-hydrogen) atoms. The van der Waals surface area contributed by atoms with Crippen LogP contribution in [0, 0.1) is 22.7 Å². The molecule has 0 saturated carbocycles. The van der Waals surface area contributed by atoms with E-state index in [1.165, 1.54) is 13.4 Å². The Bertz CT molecular complexity index is 1930. The predicted molar refractivity (Wildman–Crippen MR) is 157 cm³/mol. The molecule has 3 heterocycles. The average molecular weight is 553 g/mol. The van der Waals surface area contributed by atoms with Crippen molar-refractivity contribution in [1.29, 1.82) is 10.5 Å². The van der Waals surface area contributed by atoms with Crippen molar-refractivity contribution >= 4 is 23.0 Å². The number of methoxy groups -OCH3 is 1. The molecule has 2 aromatic heterocycles. The molecule has 0 saturated heterocycles. The second-order valence-electron chi connectivity index (χ2n) is 9.86. The Hall–Kier alpha value is -5.71. The van der Waals surface area contributed by atoms with Crippen molar-refractivity contribution in [3.05, 3.63) is 113 Å². The Morgan fingerprint density at radius 2 is 1.76 bits per heavy atom. The van der Waals surface area contributed by atoms with E-state index in [1.807, 2.05) is 24.3 Å².